The molecule has 2 aromatic heterocycles. The Labute approximate surface area is 140 Å². The van der Waals surface area contributed by atoms with E-state index in [0.29, 0.717) is 32.3 Å². The minimum Gasteiger partial charge on any atom is -0.467 e. The van der Waals surface area contributed by atoms with E-state index in [4.69, 9.17) is 14.1 Å². The topological polar surface area (TPSA) is 80.5 Å². The van der Waals surface area contributed by atoms with Gasteiger partial charge in [-0.25, -0.2) is 9.97 Å². The number of fused-ring (bicyclic) bond motifs is 2. The van der Waals surface area contributed by atoms with E-state index < -0.39 is 0 Å². The monoisotopic (exact) mass is 328 g/mol. The summed E-state index contributed by atoms with van der Waals surface area (Å²) in [7, 11) is 0. The summed E-state index contributed by atoms with van der Waals surface area (Å²) < 4.78 is 11.1. The van der Waals surface area contributed by atoms with Crippen molar-refractivity contribution in [2.75, 3.05) is 25.0 Å². The van der Waals surface area contributed by atoms with Crippen LogP contribution < -0.4 is 5.32 Å². The number of amides is 1. The van der Waals surface area contributed by atoms with E-state index in [1.807, 2.05) is 23.2 Å². The lowest BCUT2D eigenvalue weighted by atomic mass is 9.80. The average molecular weight is 328 g/mol. The molecule has 4 rings (SSSR count). The maximum absolute atomic E-state index is 11.7. The van der Waals surface area contributed by atoms with Crippen LogP contribution in [0.5, 0.6) is 0 Å². The molecule has 0 saturated carbocycles. The van der Waals surface area contributed by atoms with Gasteiger partial charge in [0.1, 0.15) is 5.76 Å². The van der Waals surface area contributed by atoms with Crippen LogP contribution in [0.1, 0.15) is 30.4 Å². The van der Waals surface area contributed by atoms with Gasteiger partial charge in [0.05, 0.1) is 37.1 Å². The van der Waals surface area contributed by atoms with Crippen molar-refractivity contribution in [3.05, 3.63) is 41.6 Å². The first-order valence-corrected chi connectivity index (χ1v) is 8.12. The number of ether oxygens (including phenoxy) is 1. The van der Waals surface area contributed by atoms with Crippen molar-refractivity contribution in [1.29, 1.82) is 0 Å². The van der Waals surface area contributed by atoms with Gasteiger partial charge in [-0.3, -0.25) is 4.79 Å². The molecule has 0 aromatic carbocycles. The summed E-state index contributed by atoms with van der Waals surface area (Å²) in [5, 5.41) is 3.20. The fourth-order valence-corrected chi connectivity index (χ4v) is 3.51. The molecule has 0 bridgehead atoms. The Kier molecular flexibility index (Phi) is 3.72. The number of aromatic nitrogens is 2. The molecule has 24 heavy (non-hydrogen) atoms. The predicted molar refractivity (Wildman–Crippen MR) is 86.3 cm³/mol. The number of nitrogens with one attached hydrogen (secondary N) is 1. The molecule has 2 aliphatic heterocycles. The van der Waals surface area contributed by atoms with Crippen molar-refractivity contribution in [2.45, 2.75) is 31.9 Å². The van der Waals surface area contributed by atoms with Gasteiger partial charge in [0.15, 0.2) is 0 Å². The third kappa shape index (κ3) is 2.65. The van der Waals surface area contributed by atoms with E-state index >= 15 is 0 Å². The van der Waals surface area contributed by atoms with Crippen LogP contribution in [0, 0.1) is 0 Å². The lowest BCUT2D eigenvalue weighted by molar-refractivity contribution is -0.128. The van der Waals surface area contributed by atoms with Gasteiger partial charge in [0.2, 0.25) is 11.9 Å². The van der Waals surface area contributed by atoms with E-state index in [-0.39, 0.29) is 11.3 Å². The van der Waals surface area contributed by atoms with Crippen molar-refractivity contribution in [2.24, 2.45) is 0 Å². The molecule has 1 saturated heterocycles. The number of nitrogens with zero attached hydrogens (tertiary/aromatic N) is 3. The Morgan fingerprint density at radius 2 is 2.42 bits per heavy atom. The first kappa shape index (κ1) is 15.1. The number of carbonyl (C=O) groups excluding carboxylic acids is 1. The van der Waals surface area contributed by atoms with Gasteiger partial charge in [0, 0.05) is 31.8 Å². The first-order chi connectivity index (χ1) is 11.7. The van der Waals surface area contributed by atoms with Gasteiger partial charge in [-0.2, -0.15) is 0 Å². The second kappa shape index (κ2) is 5.90. The highest BCUT2D eigenvalue weighted by Gasteiger charge is 2.45. The van der Waals surface area contributed by atoms with Gasteiger partial charge in [0.25, 0.3) is 0 Å². The van der Waals surface area contributed by atoms with Crippen molar-refractivity contribution < 1.29 is 13.9 Å². The third-order valence-corrected chi connectivity index (χ3v) is 4.80. The Hall–Kier alpha value is -2.41. The summed E-state index contributed by atoms with van der Waals surface area (Å²) in [5.74, 6) is 1.51. The molecule has 0 aliphatic carbocycles. The van der Waals surface area contributed by atoms with E-state index in [1.54, 1.807) is 13.2 Å². The molecule has 1 atom stereocenters. The zero-order valence-electron chi connectivity index (χ0n) is 13.6. The molecule has 126 valence electrons. The van der Waals surface area contributed by atoms with Crippen LogP contribution in [0.2, 0.25) is 0 Å². The number of anilines is 1. The van der Waals surface area contributed by atoms with Gasteiger partial charge in [-0.1, -0.05) is 0 Å². The molecule has 7 heteroatoms. The molecular formula is C17H20N4O3. The summed E-state index contributed by atoms with van der Waals surface area (Å²) >= 11 is 0. The number of hydrogen-bond donors (Lipinski definition) is 1. The zero-order chi connectivity index (χ0) is 16.6. The zero-order valence-corrected chi connectivity index (χ0v) is 13.6. The number of hydrogen-bond acceptors (Lipinski definition) is 6. The molecule has 4 heterocycles. The van der Waals surface area contributed by atoms with Crippen LogP contribution in [-0.4, -0.2) is 40.5 Å². The summed E-state index contributed by atoms with van der Waals surface area (Å²) in [6.45, 7) is 4.67. The lowest BCUT2D eigenvalue weighted by Crippen LogP contribution is -2.41. The Morgan fingerprint density at radius 3 is 3.17 bits per heavy atom. The summed E-state index contributed by atoms with van der Waals surface area (Å²) in [4.78, 5) is 22.7. The van der Waals surface area contributed by atoms with Crippen molar-refractivity contribution in [1.82, 2.24) is 14.9 Å². The largest absolute Gasteiger partial charge is 0.467 e. The van der Waals surface area contributed by atoms with Crippen LogP contribution >= 0.6 is 0 Å². The number of carbonyl (C=O) groups is 1. The van der Waals surface area contributed by atoms with Crippen LogP contribution in [0.15, 0.2) is 29.0 Å². The normalized spacial score (nSPS) is 22.6. The Bertz CT molecular complexity index is 746. The number of likely N-dealkylation sites (tertiary alicyclic amines) is 1. The molecule has 1 amide bonds. The SMILES string of the molecule is CC(=O)N1CCC2(COCc3cnc(NCc4ccco4)nc32)C1. The molecule has 1 unspecified atom stereocenters. The van der Waals surface area contributed by atoms with Crippen molar-refractivity contribution >= 4 is 11.9 Å². The predicted octanol–water partition coefficient (Wildman–Crippen LogP) is 1.70. The van der Waals surface area contributed by atoms with Crippen LogP contribution in [0.25, 0.3) is 0 Å². The summed E-state index contributed by atoms with van der Waals surface area (Å²) in [6.07, 6.45) is 4.34. The Balaban J connectivity index is 1.59. The quantitative estimate of drug-likeness (QED) is 0.924. The van der Waals surface area contributed by atoms with Gasteiger partial charge < -0.3 is 19.4 Å². The van der Waals surface area contributed by atoms with Crippen molar-refractivity contribution in [3.8, 4) is 0 Å². The Morgan fingerprint density at radius 1 is 1.50 bits per heavy atom. The highest BCUT2D eigenvalue weighted by molar-refractivity contribution is 5.73. The fourth-order valence-electron chi connectivity index (χ4n) is 3.51. The smallest absolute Gasteiger partial charge is 0.223 e. The highest BCUT2D eigenvalue weighted by atomic mass is 16.5. The molecule has 1 fully saturated rings. The van der Waals surface area contributed by atoms with Crippen LogP contribution in [-0.2, 0) is 28.1 Å². The first-order valence-electron chi connectivity index (χ1n) is 8.12. The van der Waals surface area contributed by atoms with E-state index in [0.717, 1.165) is 30.0 Å². The number of furan rings is 1. The minimum absolute atomic E-state index is 0.101. The van der Waals surface area contributed by atoms with Crippen LogP contribution in [0.4, 0.5) is 5.95 Å². The second-order valence-corrected chi connectivity index (χ2v) is 6.46. The maximum Gasteiger partial charge on any atom is 0.223 e. The standard InChI is InChI=1S/C17H20N4O3/c1-12(22)21-5-4-17(10-21)11-23-9-13-7-18-16(20-15(13)17)19-8-14-3-2-6-24-14/h2-3,6-7H,4-5,8-11H2,1H3,(H,18,19,20). The molecule has 0 radical (unpaired) electrons. The van der Waals surface area contributed by atoms with E-state index in [1.165, 1.54) is 0 Å². The molecule has 7 nitrogen and oxygen atoms in total. The third-order valence-electron chi connectivity index (χ3n) is 4.80. The summed E-state index contributed by atoms with van der Waals surface area (Å²) in [5.41, 5.74) is 1.80. The maximum atomic E-state index is 11.7. The van der Waals surface area contributed by atoms with Gasteiger partial charge in [-0.05, 0) is 18.6 Å². The second-order valence-electron chi connectivity index (χ2n) is 6.46. The lowest BCUT2D eigenvalue weighted by Gasteiger charge is -2.34. The molecule has 2 aromatic rings. The van der Waals surface area contributed by atoms with Gasteiger partial charge in [-0.15, -0.1) is 0 Å². The van der Waals surface area contributed by atoms with E-state index in [9.17, 15) is 4.79 Å². The van der Waals surface area contributed by atoms with E-state index in [2.05, 4.69) is 10.3 Å². The van der Waals surface area contributed by atoms with Crippen LogP contribution in [0.3, 0.4) is 0 Å². The fraction of sp³-hybridized carbons (Fsp3) is 0.471. The highest BCUT2D eigenvalue weighted by Crippen LogP contribution is 2.39. The summed E-state index contributed by atoms with van der Waals surface area (Å²) in [6, 6.07) is 3.76. The minimum atomic E-state index is -0.219. The molecule has 1 spiro atoms. The number of rotatable bonds is 3. The molecule has 1 N–H and O–H groups in total. The molecule has 2 aliphatic rings. The average Bonchev–Trinajstić information content (AvgIpc) is 3.24. The molecular weight excluding hydrogens is 308 g/mol. The van der Waals surface area contributed by atoms with Crippen molar-refractivity contribution in [3.63, 3.8) is 0 Å². The van der Waals surface area contributed by atoms with Gasteiger partial charge >= 0.3 is 0 Å².